The van der Waals surface area contributed by atoms with Crippen LogP contribution in [0.25, 0.3) is 5.52 Å². The molecule has 0 amide bonds. The number of fused-ring (bicyclic) bond motifs is 1. The second kappa shape index (κ2) is 4.13. The van der Waals surface area contributed by atoms with Crippen molar-refractivity contribution < 1.29 is 8.42 Å². The van der Waals surface area contributed by atoms with Crippen LogP contribution in [0.4, 0.5) is 5.82 Å². The Labute approximate surface area is 110 Å². The molecule has 96 valence electrons. The number of imidazole rings is 1. The van der Waals surface area contributed by atoms with Gasteiger partial charge in [-0.2, -0.15) is 0 Å². The van der Waals surface area contributed by atoms with Crippen LogP contribution in [0, 0.1) is 0 Å². The van der Waals surface area contributed by atoms with E-state index in [4.69, 9.17) is 11.6 Å². The minimum atomic E-state index is -2.86. The Kier molecular flexibility index (Phi) is 2.71. The van der Waals surface area contributed by atoms with Gasteiger partial charge in [0.2, 0.25) is 0 Å². The van der Waals surface area contributed by atoms with Gasteiger partial charge in [0.1, 0.15) is 12.1 Å². The molecule has 1 aliphatic heterocycles. The van der Waals surface area contributed by atoms with E-state index in [9.17, 15) is 8.42 Å². The Morgan fingerprint density at radius 1 is 1.22 bits per heavy atom. The molecule has 3 heterocycles. The highest BCUT2D eigenvalue weighted by atomic mass is 35.5. The zero-order valence-electron chi connectivity index (χ0n) is 9.58. The number of hydrogen-bond donors (Lipinski definition) is 0. The van der Waals surface area contributed by atoms with Crippen molar-refractivity contribution in [3.63, 3.8) is 0 Å². The molecule has 0 radical (unpaired) electrons. The van der Waals surface area contributed by atoms with Crippen LogP contribution in [0.2, 0.25) is 5.02 Å². The summed E-state index contributed by atoms with van der Waals surface area (Å²) in [4.78, 5) is 6.13. The molecule has 5 nitrogen and oxygen atoms in total. The van der Waals surface area contributed by atoms with E-state index in [0.717, 1.165) is 11.3 Å². The lowest BCUT2D eigenvalue weighted by Gasteiger charge is -2.29. The average Bonchev–Trinajstić information content (AvgIpc) is 2.80. The average molecular weight is 286 g/mol. The Morgan fingerprint density at radius 3 is 2.67 bits per heavy atom. The van der Waals surface area contributed by atoms with Gasteiger partial charge in [-0.25, -0.2) is 13.4 Å². The van der Waals surface area contributed by atoms with Gasteiger partial charge >= 0.3 is 0 Å². The molecule has 18 heavy (non-hydrogen) atoms. The minimum absolute atomic E-state index is 0.200. The summed E-state index contributed by atoms with van der Waals surface area (Å²) in [5, 5.41) is 0.640. The van der Waals surface area contributed by atoms with Gasteiger partial charge in [-0.05, 0) is 12.1 Å². The molecule has 2 aromatic heterocycles. The number of rotatable bonds is 1. The first-order valence-corrected chi connectivity index (χ1v) is 7.83. The highest BCUT2D eigenvalue weighted by molar-refractivity contribution is 7.91. The highest BCUT2D eigenvalue weighted by Gasteiger charge is 2.23. The maximum atomic E-state index is 11.4. The van der Waals surface area contributed by atoms with Crippen LogP contribution in [0.1, 0.15) is 0 Å². The van der Waals surface area contributed by atoms with Crippen LogP contribution in [-0.2, 0) is 9.84 Å². The molecule has 7 heteroatoms. The number of hydrogen-bond acceptors (Lipinski definition) is 4. The molecule has 1 saturated heterocycles. The van der Waals surface area contributed by atoms with Crippen LogP contribution in [-0.4, -0.2) is 42.4 Å². The molecule has 1 fully saturated rings. The normalized spacial score (nSPS) is 19.3. The summed E-state index contributed by atoms with van der Waals surface area (Å²) < 4.78 is 24.7. The number of anilines is 1. The maximum Gasteiger partial charge on any atom is 0.153 e. The van der Waals surface area contributed by atoms with E-state index in [1.165, 1.54) is 0 Å². The third kappa shape index (κ3) is 1.95. The first-order chi connectivity index (χ1) is 8.57. The topological polar surface area (TPSA) is 54.7 Å². The van der Waals surface area contributed by atoms with E-state index in [-0.39, 0.29) is 11.5 Å². The van der Waals surface area contributed by atoms with Crippen molar-refractivity contribution in [3.8, 4) is 0 Å². The Morgan fingerprint density at radius 2 is 1.94 bits per heavy atom. The molecule has 0 aliphatic carbocycles. The zero-order valence-corrected chi connectivity index (χ0v) is 11.2. The first kappa shape index (κ1) is 11.8. The van der Waals surface area contributed by atoms with Gasteiger partial charge in [-0.15, -0.1) is 0 Å². The summed E-state index contributed by atoms with van der Waals surface area (Å²) in [5.74, 6) is 1.33. The monoisotopic (exact) mass is 285 g/mol. The van der Waals surface area contributed by atoms with Gasteiger partial charge in [0.05, 0.1) is 28.2 Å². The van der Waals surface area contributed by atoms with E-state index in [1.807, 2.05) is 21.4 Å². The summed E-state index contributed by atoms with van der Waals surface area (Å²) in [6.07, 6.45) is 3.40. The number of pyridine rings is 1. The molecular formula is C11H12ClN3O2S. The molecule has 1 aliphatic rings. The van der Waals surface area contributed by atoms with E-state index >= 15 is 0 Å². The molecule has 0 bridgehead atoms. The van der Waals surface area contributed by atoms with Crippen LogP contribution < -0.4 is 4.90 Å². The fourth-order valence-corrected chi connectivity index (χ4v) is 3.57. The summed E-state index contributed by atoms with van der Waals surface area (Å²) in [6.45, 7) is 1.02. The predicted octanol–water partition coefficient (Wildman–Crippen LogP) is 1.22. The molecule has 0 unspecified atom stereocenters. The first-order valence-electron chi connectivity index (χ1n) is 5.63. The van der Waals surface area contributed by atoms with Gasteiger partial charge < -0.3 is 4.90 Å². The number of halogens is 1. The Balaban J connectivity index is 2.01. The Bertz CT molecular complexity index is 681. The Hall–Kier alpha value is -1.27. The van der Waals surface area contributed by atoms with E-state index in [2.05, 4.69) is 4.98 Å². The van der Waals surface area contributed by atoms with Crippen molar-refractivity contribution in [2.24, 2.45) is 0 Å². The standard InChI is InChI=1S/C11H12ClN3O2S/c12-9-1-2-11(15-8-13-7-10(9)15)14-3-5-18(16,17)6-4-14/h1-2,7-8H,3-6H2. The number of sulfone groups is 1. The molecule has 0 N–H and O–H groups in total. The molecule has 0 spiro atoms. The summed E-state index contributed by atoms with van der Waals surface area (Å²) in [5.41, 5.74) is 0.836. The van der Waals surface area contributed by atoms with Crippen LogP contribution in [0.15, 0.2) is 24.7 Å². The van der Waals surface area contributed by atoms with E-state index in [1.54, 1.807) is 12.5 Å². The SMILES string of the molecule is O=S1(=O)CCN(c2ccc(Cl)c3cncn23)CC1. The summed E-state index contributed by atoms with van der Waals surface area (Å²) in [6, 6.07) is 3.71. The van der Waals surface area contributed by atoms with Crippen molar-refractivity contribution in [2.45, 2.75) is 0 Å². The van der Waals surface area contributed by atoms with Crippen molar-refractivity contribution in [1.29, 1.82) is 0 Å². The van der Waals surface area contributed by atoms with E-state index in [0.29, 0.717) is 18.1 Å². The zero-order chi connectivity index (χ0) is 12.8. The van der Waals surface area contributed by atoms with Gasteiger partial charge in [-0.1, -0.05) is 11.6 Å². The predicted molar refractivity (Wildman–Crippen MR) is 71.1 cm³/mol. The van der Waals surface area contributed by atoms with Gasteiger partial charge in [0.15, 0.2) is 9.84 Å². The molecule has 3 rings (SSSR count). The van der Waals surface area contributed by atoms with Crippen molar-refractivity contribution in [1.82, 2.24) is 9.38 Å². The second-order valence-electron chi connectivity index (χ2n) is 4.33. The molecule has 2 aromatic rings. The lowest BCUT2D eigenvalue weighted by molar-refractivity contribution is 0.586. The van der Waals surface area contributed by atoms with Crippen LogP contribution in [0.5, 0.6) is 0 Å². The van der Waals surface area contributed by atoms with Crippen molar-refractivity contribution >= 4 is 32.8 Å². The smallest absolute Gasteiger partial charge is 0.153 e. The molecule has 0 aromatic carbocycles. The number of nitrogens with zero attached hydrogens (tertiary/aromatic N) is 3. The minimum Gasteiger partial charge on any atom is -0.356 e. The van der Waals surface area contributed by atoms with Crippen LogP contribution >= 0.6 is 11.6 Å². The largest absolute Gasteiger partial charge is 0.356 e. The molecule has 0 atom stereocenters. The summed E-state index contributed by atoms with van der Waals surface area (Å²) in [7, 11) is -2.86. The molecular weight excluding hydrogens is 274 g/mol. The fraction of sp³-hybridized carbons (Fsp3) is 0.364. The van der Waals surface area contributed by atoms with E-state index < -0.39 is 9.84 Å². The molecule has 0 saturated carbocycles. The lowest BCUT2D eigenvalue weighted by Crippen LogP contribution is -2.41. The van der Waals surface area contributed by atoms with Crippen molar-refractivity contribution in [2.75, 3.05) is 29.5 Å². The van der Waals surface area contributed by atoms with Crippen molar-refractivity contribution in [3.05, 3.63) is 29.7 Å². The van der Waals surface area contributed by atoms with Crippen LogP contribution in [0.3, 0.4) is 0 Å². The number of aromatic nitrogens is 2. The lowest BCUT2D eigenvalue weighted by atomic mass is 10.3. The summed E-state index contributed by atoms with van der Waals surface area (Å²) >= 11 is 6.08. The third-order valence-electron chi connectivity index (χ3n) is 3.18. The quantitative estimate of drug-likeness (QED) is 0.791. The maximum absolute atomic E-state index is 11.4. The third-order valence-corrected chi connectivity index (χ3v) is 5.11. The van der Waals surface area contributed by atoms with Gasteiger partial charge in [-0.3, -0.25) is 4.40 Å². The fourth-order valence-electron chi connectivity index (χ4n) is 2.17. The van der Waals surface area contributed by atoms with Gasteiger partial charge in [0, 0.05) is 13.1 Å². The second-order valence-corrected chi connectivity index (χ2v) is 7.04. The van der Waals surface area contributed by atoms with Gasteiger partial charge in [0.25, 0.3) is 0 Å². The highest BCUT2D eigenvalue weighted by Crippen LogP contribution is 2.24.